The zero-order chi connectivity index (χ0) is 8.97. The highest BCUT2D eigenvalue weighted by molar-refractivity contribution is 5.25. The van der Waals surface area contributed by atoms with Gasteiger partial charge in [0.05, 0.1) is 6.61 Å². The van der Waals surface area contributed by atoms with Crippen LogP contribution in [0.5, 0.6) is 0 Å². The molecule has 1 heteroatoms. The minimum Gasteiger partial charge on any atom is -0.368 e. The van der Waals surface area contributed by atoms with Crippen LogP contribution in [0.2, 0.25) is 0 Å². The quantitative estimate of drug-likeness (QED) is 0.581. The predicted molar refractivity (Wildman–Crippen MR) is 51.2 cm³/mol. The Morgan fingerprint density at radius 2 is 2.00 bits per heavy atom. The van der Waals surface area contributed by atoms with Crippen LogP contribution in [0.25, 0.3) is 0 Å². The molecule has 1 aromatic rings. The van der Waals surface area contributed by atoms with Crippen molar-refractivity contribution in [1.29, 1.82) is 0 Å². The molecule has 2 rings (SSSR count). The first-order chi connectivity index (χ1) is 5.86. The van der Waals surface area contributed by atoms with E-state index in [0.717, 1.165) is 6.61 Å². The fourth-order valence-corrected chi connectivity index (χ4v) is 1.11. The predicted octanol–water partition coefficient (Wildman–Crippen LogP) is 3.09. The summed E-state index contributed by atoms with van der Waals surface area (Å²) >= 11 is 0. The van der Waals surface area contributed by atoms with E-state index >= 15 is 0 Å². The number of hydrogen-bond acceptors (Lipinski definition) is 1. The van der Waals surface area contributed by atoms with Crippen LogP contribution in [-0.4, -0.2) is 6.61 Å². The monoisotopic (exact) mass is 164 g/mol. The van der Waals surface area contributed by atoms with Gasteiger partial charge < -0.3 is 4.74 Å². The largest absolute Gasteiger partial charge is 0.368 e. The lowest BCUT2D eigenvalue weighted by Crippen LogP contribution is -1.80. The summed E-state index contributed by atoms with van der Waals surface area (Å²) in [4.78, 5) is 0. The van der Waals surface area contributed by atoms with Gasteiger partial charge in [-0.25, -0.2) is 0 Å². The molecule has 1 aliphatic rings. The van der Waals surface area contributed by atoms with E-state index in [1.807, 2.05) is 13.8 Å². The molecule has 0 radical (unpaired) electrons. The molecule has 1 fully saturated rings. The minimum absolute atomic E-state index is 0.403. The molecule has 1 unspecified atom stereocenters. The molecular weight excluding hydrogens is 148 g/mol. The normalized spacial score (nSPS) is 19.4. The summed E-state index contributed by atoms with van der Waals surface area (Å²) in [7, 11) is 0. The highest BCUT2D eigenvalue weighted by atomic mass is 16.6. The van der Waals surface area contributed by atoms with E-state index in [9.17, 15) is 0 Å². The first-order valence-corrected chi connectivity index (χ1v) is 4.54. The second kappa shape index (κ2) is 4.27. The van der Waals surface area contributed by atoms with Crippen molar-refractivity contribution in [1.82, 2.24) is 0 Å². The lowest BCUT2D eigenvalue weighted by atomic mass is 10.1. The first kappa shape index (κ1) is 9.27. The van der Waals surface area contributed by atoms with Crippen LogP contribution >= 0.6 is 0 Å². The number of ether oxygens (including phenoxy) is 1. The van der Waals surface area contributed by atoms with E-state index < -0.39 is 0 Å². The van der Waals surface area contributed by atoms with Gasteiger partial charge in [-0.15, -0.1) is 0 Å². The van der Waals surface area contributed by atoms with Crippen molar-refractivity contribution in [2.75, 3.05) is 6.61 Å². The molecule has 1 nitrogen and oxygen atoms in total. The molecule has 12 heavy (non-hydrogen) atoms. The molecule has 1 aromatic carbocycles. The zero-order valence-electron chi connectivity index (χ0n) is 8.00. The van der Waals surface area contributed by atoms with E-state index in [-0.39, 0.29) is 0 Å². The Balaban J connectivity index is 0.000000336. The topological polar surface area (TPSA) is 12.5 Å². The van der Waals surface area contributed by atoms with Crippen molar-refractivity contribution in [3.8, 4) is 0 Å². The maximum atomic E-state index is 5.15. The Kier molecular flexibility index (Phi) is 3.30. The van der Waals surface area contributed by atoms with Crippen molar-refractivity contribution < 1.29 is 4.74 Å². The van der Waals surface area contributed by atoms with Crippen LogP contribution in [0.4, 0.5) is 0 Å². The van der Waals surface area contributed by atoms with Gasteiger partial charge in [0.2, 0.25) is 0 Å². The molecule has 66 valence electrons. The van der Waals surface area contributed by atoms with Gasteiger partial charge in [0, 0.05) is 0 Å². The van der Waals surface area contributed by atoms with Crippen molar-refractivity contribution in [2.45, 2.75) is 26.9 Å². The lowest BCUT2D eigenvalue weighted by molar-refractivity contribution is 0.415. The maximum absolute atomic E-state index is 5.15. The summed E-state index contributed by atoms with van der Waals surface area (Å²) in [6, 6.07) is 8.47. The first-order valence-electron chi connectivity index (χ1n) is 4.54. The molecule has 1 aliphatic heterocycles. The van der Waals surface area contributed by atoms with E-state index in [4.69, 9.17) is 4.74 Å². The van der Waals surface area contributed by atoms with Crippen molar-refractivity contribution in [3.63, 3.8) is 0 Å². The third kappa shape index (κ3) is 2.35. The third-order valence-corrected chi connectivity index (χ3v) is 1.75. The molecule has 0 aliphatic carbocycles. The Hall–Kier alpha value is -0.820. The number of aryl methyl sites for hydroxylation is 1. The van der Waals surface area contributed by atoms with Gasteiger partial charge in [-0.2, -0.15) is 0 Å². The number of rotatable bonds is 1. The Morgan fingerprint density at radius 3 is 2.50 bits per heavy atom. The molecule has 0 bridgehead atoms. The van der Waals surface area contributed by atoms with Gasteiger partial charge in [-0.3, -0.25) is 0 Å². The third-order valence-electron chi connectivity index (χ3n) is 1.75. The van der Waals surface area contributed by atoms with Gasteiger partial charge in [-0.05, 0) is 12.5 Å². The molecule has 0 N–H and O–H groups in total. The summed E-state index contributed by atoms with van der Waals surface area (Å²) in [6.45, 7) is 7.01. The van der Waals surface area contributed by atoms with Crippen molar-refractivity contribution in [3.05, 3.63) is 35.4 Å². The van der Waals surface area contributed by atoms with E-state index in [0.29, 0.717) is 6.10 Å². The molecule has 1 atom stereocenters. The Bertz CT molecular complexity index is 239. The molecular formula is C11H16O. The van der Waals surface area contributed by atoms with Gasteiger partial charge in [0.25, 0.3) is 0 Å². The number of epoxide rings is 1. The zero-order valence-corrected chi connectivity index (χ0v) is 8.00. The maximum Gasteiger partial charge on any atom is 0.106 e. The van der Waals surface area contributed by atoms with Crippen molar-refractivity contribution >= 4 is 0 Å². The standard InChI is InChI=1S/C9H10O.C2H6/c1-7-3-2-4-8(5-7)9-6-10-9;1-2/h2-5,9H,6H2,1H3;1-2H3. The lowest BCUT2D eigenvalue weighted by Gasteiger charge is -1.95. The average molecular weight is 164 g/mol. The summed E-state index contributed by atoms with van der Waals surface area (Å²) in [6.07, 6.45) is 0.403. The van der Waals surface area contributed by atoms with Gasteiger partial charge >= 0.3 is 0 Å². The SMILES string of the molecule is CC.Cc1cccc(C2CO2)c1. The van der Waals surface area contributed by atoms with Crippen LogP contribution in [0.15, 0.2) is 24.3 Å². The van der Waals surface area contributed by atoms with Crippen molar-refractivity contribution in [2.24, 2.45) is 0 Å². The van der Waals surface area contributed by atoms with Gasteiger partial charge in [0.15, 0.2) is 0 Å². The molecule has 0 spiro atoms. The summed E-state index contributed by atoms with van der Waals surface area (Å²) < 4.78 is 5.15. The highest BCUT2D eigenvalue weighted by Gasteiger charge is 2.24. The van der Waals surface area contributed by atoms with E-state index in [1.165, 1.54) is 11.1 Å². The smallest absolute Gasteiger partial charge is 0.106 e. The second-order valence-electron chi connectivity index (χ2n) is 2.74. The minimum atomic E-state index is 0.403. The number of benzene rings is 1. The Labute approximate surface area is 74.4 Å². The molecule has 1 saturated heterocycles. The summed E-state index contributed by atoms with van der Waals surface area (Å²) in [5.74, 6) is 0. The van der Waals surface area contributed by atoms with Crippen LogP contribution in [-0.2, 0) is 4.74 Å². The molecule has 0 aromatic heterocycles. The van der Waals surface area contributed by atoms with Gasteiger partial charge in [0.1, 0.15) is 6.10 Å². The van der Waals surface area contributed by atoms with Gasteiger partial charge in [-0.1, -0.05) is 43.7 Å². The van der Waals surface area contributed by atoms with Crippen LogP contribution in [0, 0.1) is 6.92 Å². The Morgan fingerprint density at radius 1 is 1.33 bits per heavy atom. The summed E-state index contributed by atoms with van der Waals surface area (Å²) in [5, 5.41) is 0. The molecule has 1 heterocycles. The average Bonchev–Trinajstić information content (AvgIpc) is 2.90. The molecule has 0 saturated carbocycles. The highest BCUT2D eigenvalue weighted by Crippen LogP contribution is 2.29. The van der Waals surface area contributed by atoms with Crippen LogP contribution in [0.3, 0.4) is 0 Å². The van der Waals surface area contributed by atoms with Crippen LogP contribution in [0.1, 0.15) is 31.1 Å². The number of hydrogen-bond donors (Lipinski definition) is 0. The van der Waals surface area contributed by atoms with E-state index in [1.54, 1.807) is 0 Å². The fourth-order valence-electron chi connectivity index (χ4n) is 1.11. The molecule has 0 amide bonds. The van der Waals surface area contributed by atoms with Crippen LogP contribution < -0.4 is 0 Å². The van der Waals surface area contributed by atoms with E-state index in [2.05, 4.69) is 31.2 Å². The second-order valence-corrected chi connectivity index (χ2v) is 2.74. The summed E-state index contributed by atoms with van der Waals surface area (Å²) in [5.41, 5.74) is 2.63. The fraction of sp³-hybridized carbons (Fsp3) is 0.455.